The van der Waals surface area contributed by atoms with Gasteiger partial charge in [0.15, 0.2) is 0 Å². The molecule has 0 bridgehead atoms. The third-order valence-corrected chi connectivity index (χ3v) is 4.71. The molecule has 96 valence electrons. The molecular weight excluding hydrogens is 356 g/mol. The van der Waals surface area contributed by atoms with Gasteiger partial charge in [-0.1, -0.05) is 50.1 Å². The molecule has 2 aromatic rings. The molecule has 2 nitrogen and oxygen atoms in total. The number of benzene rings is 1. The van der Waals surface area contributed by atoms with Crippen molar-refractivity contribution in [2.24, 2.45) is 7.05 Å². The highest BCUT2D eigenvalue weighted by Gasteiger charge is 2.13. The quantitative estimate of drug-likeness (QED) is 0.716. The number of nitrogens with zero attached hydrogens (tertiary/aromatic N) is 2. The summed E-state index contributed by atoms with van der Waals surface area (Å²) < 4.78 is 3.14. The smallest absolute Gasteiger partial charge is 0.0492 e. The number of hydrogen-bond acceptors (Lipinski definition) is 1. The van der Waals surface area contributed by atoms with Crippen molar-refractivity contribution in [3.63, 3.8) is 0 Å². The van der Waals surface area contributed by atoms with E-state index in [-0.39, 0.29) is 0 Å². The topological polar surface area (TPSA) is 17.8 Å². The van der Waals surface area contributed by atoms with Crippen LogP contribution < -0.4 is 0 Å². The Balaban J connectivity index is 2.07. The summed E-state index contributed by atoms with van der Waals surface area (Å²) in [5.41, 5.74) is 2.66. The molecular formula is C14H16Br2N2. The molecule has 1 aromatic carbocycles. The second-order valence-electron chi connectivity index (χ2n) is 4.36. The lowest BCUT2D eigenvalue weighted by Gasteiger charge is -2.16. The molecule has 0 aliphatic heterocycles. The molecule has 2 rings (SSSR count). The third kappa shape index (κ3) is 3.23. The van der Waals surface area contributed by atoms with Crippen LogP contribution in [-0.2, 0) is 13.5 Å². The fourth-order valence-corrected chi connectivity index (χ4v) is 3.37. The molecule has 0 amide bonds. The van der Waals surface area contributed by atoms with Crippen LogP contribution in [-0.4, -0.2) is 15.1 Å². The summed E-state index contributed by atoms with van der Waals surface area (Å²) in [7, 11) is 2.00. The van der Waals surface area contributed by atoms with Crippen molar-refractivity contribution in [1.82, 2.24) is 9.78 Å². The maximum absolute atomic E-state index is 4.21. The first-order valence-electron chi connectivity index (χ1n) is 5.99. The summed E-state index contributed by atoms with van der Waals surface area (Å²) >= 11 is 7.26. The molecule has 0 aliphatic carbocycles. The SMILES string of the molecule is Cn1nccc1CCC(CBr)c1ccccc1Br. The van der Waals surface area contributed by atoms with E-state index in [1.807, 2.05) is 17.9 Å². The Morgan fingerprint density at radius 2 is 2.06 bits per heavy atom. The van der Waals surface area contributed by atoms with E-state index in [4.69, 9.17) is 0 Å². The number of aryl methyl sites for hydroxylation is 2. The summed E-state index contributed by atoms with van der Waals surface area (Å²) in [6, 6.07) is 10.5. The largest absolute Gasteiger partial charge is 0.273 e. The maximum atomic E-state index is 4.21. The van der Waals surface area contributed by atoms with E-state index in [0.29, 0.717) is 5.92 Å². The first-order chi connectivity index (χ1) is 8.72. The van der Waals surface area contributed by atoms with Crippen molar-refractivity contribution >= 4 is 31.9 Å². The second-order valence-corrected chi connectivity index (χ2v) is 5.86. The number of alkyl halides is 1. The molecule has 1 atom stereocenters. The van der Waals surface area contributed by atoms with Gasteiger partial charge in [0, 0.05) is 28.7 Å². The highest BCUT2D eigenvalue weighted by Crippen LogP contribution is 2.29. The Morgan fingerprint density at radius 1 is 1.28 bits per heavy atom. The van der Waals surface area contributed by atoms with Gasteiger partial charge in [-0.25, -0.2) is 0 Å². The molecule has 1 unspecified atom stereocenters. The van der Waals surface area contributed by atoms with Crippen molar-refractivity contribution in [2.45, 2.75) is 18.8 Å². The van der Waals surface area contributed by atoms with Crippen LogP contribution in [0.25, 0.3) is 0 Å². The number of halogens is 2. The van der Waals surface area contributed by atoms with E-state index >= 15 is 0 Å². The Kier molecular flexibility index (Phi) is 5.01. The molecule has 4 heteroatoms. The molecule has 0 saturated heterocycles. The zero-order valence-electron chi connectivity index (χ0n) is 10.3. The molecule has 1 heterocycles. The average molecular weight is 372 g/mol. The average Bonchev–Trinajstić information content (AvgIpc) is 2.78. The van der Waals surface area contributed by atoms with Crippen LogP contribution in [0.2, 0.25) is 0 Å². The predicted molar refractivity (Wildman–Crippen MR) is 82.2 cm³/mol. The fraction of sp³-hybridized carbons (Fsp3) is 0.357. The first kappa shape index (κ1) is 13.8. The summed E-state index contributed by atoms with van der Waals surface area (Å²) in [5.74, 6) is 0.524. The van der Waals surface area contributed by atoms with Crippen LogP contribution in [0.1, 0.15) is 23.6 Å². The first-order valence-corrected chi connectivity index (χ1v) is 7.91. The summed E-state index contributed by atoms with van der Waals surface area (Å²) in [6.07, 6.45) is 4.03. The van der Waals surface area contributed by atoms with E-state index < -0.39 is 0 Å². The number of hydrogen-bond donors (Lipinski definition) is 0. The second kappa shape index (κ2) is 6.53. The van der Waals surface area contributed by atoms with Gasteiger partial charge in [-0.05, 0) is 36.5 Å². The minimum Gasteiger partial charge on any atom is -0.273 e. The van der Waals surface area contributed by atoms with E-state index in [1.54, 1.807) is 0 Å². The van der Waals surface area contributed by atoms with Gasteiger partial charge in [-0.15, -0.1) is 0 Å². The van der Waals surface area contributed by atoms with E-state index in [2.05, 4.69) is 67.3 Å². The molecule has 0 N–H and O–H groups in total. The summed E-state index contributed by atoms with van der Waals surface area (Å²) in [4.78, 5) is 0. The molecule has 0 radical (unpaired) electrons. The number of rotatable bonds is 5. The minimum atomic E-state index is 0.524. The zero-order chi connectivity index (χ0) is 13.0. The van der Waals surface area contributed by atoms with Crippen LogP contribution >= 0.6 is 31.9 Å². The summed E-state index contributed by atoms with van der Waals surface area (Å²) in [6.45, 7) is 0. The van der Waals surface area contributed by atoms with Gasteiger partial charge in [-0.2, -0.15) is 5.10 Å². The van der Waals surface area contributed by atoms with Crippen molar-refractivity contribution < 1.29 is 0 Å². The van der Waals surface area contributed by atoms with Gasteiger partial charge in [-0.3, -0.25) is 4.68 Å². The Bertz CT molecular complexity index is 508. The Morgan fingerprint density at radius 3 is 2.67 bits per heavy atom. The Labute approximate surface area is 125 Å². The molecule has 1 aromatic heterocycles. The maximum Gasteiger partial charge on any atom is 0.0492 e. The fourth-order valence-electron chi connectivity index (χ4n) is 2.09. The van der Waals surface area contributed by atoms with Gasteiger partial charge in [0.25, 0.3) is 0 Å². The molecule has 0 saturated carbocycles. The highest BCUT2D eigenvalue weighted by molar-refractivity contribution is 9.10. The molecule has 0 spiro atoms. The lowest BCUT2D eigenvalue weighted by atomic mass is 9.95. The predicted octanol–water partition coefficient (Wildman–Crippen LogP) is 4.29. The van der Waals surface area contributed by atoms with Crippen LogP contribution in [0.4, 0.5) is 0 Å². The molecule has 18 heavy (non-hydrogen) atoms. The molecule has 0 aliphatic rings. The van der Waals surface area contributed by atoms with E-state index in [1.165, 1.54) is 15.7 Å². The normalized spacial score (nSPS) is 12.6. The molecule has 0 fully saturated rings. The Hall–Kier alpha value is -0.610. The van der Waals surface area contributed by atoms with Gasteiger partial charge in [0.2, 0.25) is 0 Å². The zero-order valence-corrected chi connectivity index (χ0v) is 13.5. The van der Waals surface area contributed by atoms with Crippen molar-refractivity contribution in [1.29, 1.82) is 0 Å². The summed E-state index contributed by atoms with van der Waals surface area (Å²) in [5, 5.41) is 5.19. The van der Waals surface area contributed by atoms with Crippen LogP contribution in [0, 0.1) is 0 Å². The standard InChI is InChI=1S/C14H16Br2N2/c1-18-12(8-9-17-18)7-6-11(10-15)13-4-2-3-5-14(13)16/h2-5,8-9,11H,6-7,10H2,1H3. The van der Waals surface area contributed by atoms with Gasteiger partial charge in [0.1, 0.15) is 0 Å². The van der Waals surface area contributed by atoms with E-state index in [9.17, 15) is 0 Å². The highest BCUT2D eigenvalue weighted by atomic mass is 79.9. The minimum absolute atomic E-state index is 0.524. The van der Waals surface area contributed by atoms with Crippen LogP contribution in [0.15, 0.2) is 41.0 Å². The van der Waals surface area contributed by atoms with Gasteiger partial charge in [0.05, 0.1) is 0 Å². The van der Waals surface area contributed by atoms with E-state index in [0.717, 1.165) is 18.2 Å². The number of aromatic nitrogens is 2. The van der Waals surface area contributed by atoms with Crippen molar-refractivity contribution in [3.8, 4) is 0 Å². The van der Waals surface area contributed by atoms with Crippen molar-refractivity contribution in [2.75, 3.05) is 5.33 Å². The lowest BCUT2D eigenvalue weighted by Crippen LogP contribution is -2.06. The van der Waals surface area contributed by atoms with Crippen LogP contribution in [0.5, 0.6) is 0 Å². The monoisotopic (exact) mass is 370 g/mol. The van der Waals surface area contributed by atoms with Crippen LogP contribution in [0.3, 0.4) is 0 Å². The third-order valence-electron chi connectivity index (χ3n) is 3.20. The van der Waals surface area contributed by atoms with Crippen molar-refractivity contribution in [3.05, 3.63) is 52.3 Å². The van der Waals surface area contributed by atoms with Gasteiger partial charge >= 0.3 is 0 Å². The van der Waals surface area contributed by atoms with Gasteiger partial charge < -0.3 is 0 Å². The lowest BCUT2D eigenvalue weighted by molar-refractivity contribution is 0.636.